The minimum absolute atomic E-state index is 0.0310. The summed E-state index contributed by atoms with van der Waals surface area (Å²) < 4.78 is 16.1. The van der Waals surface area contributed by atoms with Crippen LogP contribution in [0, 0.1) is 0 Å². The molecule has 0 saturated heterocycles. The van der Waals surface area contributed by atoms with Crippen LogP contribution < -0.4 is 14.2 Å². The highest BCUT2D eigenvalue weighted by Gasteiger charge is 2.20. The lowest BCUT2D eigenvalue weighted by molar-refractivity contribution is -0.132. The molecule has 154 valence electrons. The smallest absolute Gasteiger partial charge is 0.338 e. The summed E-state index contributed by atoms with van der Waals surface area (Å²) >= 11 is 0. The van der Waals surface area contributed by atoms with E-state index in [0.717, 1.165) is 0 Å². The Bertz CT molecular complexity index is 1060. The Kier molecular flexibility index (Phi) is 7.09. The van der Waals surface area contributed by atoms with Gasteiger partial charge in [-0.15, -0.1) is 0 Å². The molecule has 0 unspecified atom stereocenters. The normalized spacial score (nSPS) is 9.97. The molecule has 2 aromatic carbocycles. The van der Waals surface area contributed by atoms with Crippen LogP contribution in [0.15, 0.2) is 78.9 Å². The Hall–Kier alpha value is -3.93. The van der Waals surface area contributed by atoms with Crippen molar-refractivity contribution >= 4 is 17.9 Å². The van der Waals surface area contributed by atoms with Gasteiger partial charge in [0, 0.05) is 22.3 Å². The summed E-state index contributed by atoms with van der Waals surface area (Å²) in [5, 5.41) is 0. The molecular formula is C24H22O6. The van der Waals surface area contributed by atoms with Gasteiger partial charge in [0.05, 0.1) is 0 Å². The van der Waals surface area contributed by atoms with Gasteiger partial charge in [0.2, 0.25) is 0 Å². The fraction of sp³-hybridized carbons (Fsp3) is 0.125. The first kappa shape index (κ1) is 22.4. The van der Waals surface area contributed by atoms with Crippen LogP contribution in [0.4, 0.5) is 0 Å². The number of para-hydroxylation sites is 1. The minimum Gasteiger partial charge on any atom is -0.423 e. The summed E-state index contributed by atoms with van der Waals surface area (Å²) in [4.78, 5) is 36.0. The van der Waals surface area contributed by atoms with E-state index in [4.69, 9.17) is 14.2 Å². The first-order valence-corrected chi connectivity index (χ1v) is 8.96. The summed E-state index contributed by atoms with van der Waals surface area (Å²) in [6.07, 6.45) is 0. The Morgan fingerprint density at radius 1 is 0.700 bits per heavy atom. The summed E-state index contributed by atoms with van der Waals surface area (Å²) in [5.41, 5.74) is 1.63. The van der Waals surface area contributed by atoms with Crippen molar-refractivity contribution in [3.8, 4) is 28.4 Å². The largest absolute Gasteiger partial charge is 0.423 e. The van der Waals surface area contributed by atoms with Crippen molar-refractivity contribution in [2.45, 2.75) is 20.8 Å². The Morgan fingerprint density at radius 2 is 1.23 bits per heavy atom. The van der Waals surface area contributed by atoms with Crippen molar-refractivity contribution in [1.82, 2.24) is 0 Å². The van der Waals surface area contributed by atoms with Crippen LogP contribution in [0.2, 0.25) is 0 Å². The van der Waals surface area contributed by atoms with Gasteiger partial charge >= 0.3 is 17.9 Å². The number of carbonyl (C=O) groups is 3. The topological polar surface area (TPSA) is 78.9 Å². The molecule has 0 heterocycles. The molecule has 0 radical (unpaired) electrons. The van der Waals surface area contributed by atoms with Crippen LogP contribution in [0.3, 0.4) is 0 Å². The molecule has 30 heavy (non-hydrogen) atoms. The second-order valence-electron chi connectivity index (χ2n) is 6.67. The fourth-order valence-corrected chi connectivity index (χ4v) is 2.22. The molecule has 0 aliphatic carbocycles. The second-order valence-corrected chi connectivity index (χ2v) is 6.67. The van der Waals surface area contributed by atoms with E-state index in [1.807, 2.05) is 0 Å². The van der Waals surface area contributed by atoms with Crippen LogP contribution in [0.25, 0.3) is 11.1 Å². The average Bonchev–Trinajstić information content (AvgIpc) is 2.68. The summed E-state index contributed by atoms with van der Waals surface area (Å²) in [6.45, 7) is 15.2. The quantitative estimate of drug-likeness (QED) is 0.373. The van der Waals surface area contributed by atoms with Crippen molar-refractivity contribution in [2.24, 2.45) is 0 Å². The maximum absolute atomic E-state index is 12.2. The standard InChI is InChI=1S/C24H22O6/c1-14(2)22(25)28-18-10-7-9-17(13-18)19-11-8-12-20(29-23(26)15(3)4)21(19)30-24(27)16(5)6/h7-13H,1,3,5H2,2,4,6H3. The Labute approximate surface area is 175 Å². The fourth-order valence-electron chi connectivity index (χ4n) is 2.22. The molecule has 6 nitrogen and oxygen atoms in total. The van der Waals surface area contributed by atoms with Crippen molar-refractivity contribution in [3.63, 3.8) is 0 Å². The molecule has 0 spiro atoms. The van der Waals surface area contributed by atoms with Crippen LogP contribution in [0.1, 0.15) is 20.8 Å². The summed E-state index contributed by atoms with van der Waals surface area (Å²) in [7, 11) is 0. The number of benzene rings is 2. The van der Waals surface area contributed by atoms with Gasteiger partial charge in [0.15, 0.2) is 11.5 Å². The molecular weight excluding hydrogens is 384 g/mol. The predicted molar refractivity (Wildman–Crippen MR) is 113 cm³/mol. The molecule has 0 N–H and O–H groups in total. The number of carbonyl (C=O) groups excluding carboxylic acids is 3. The van der Waals surface area contributed by atoms with E-state index in [9.17, 15) is 14.4 Å². The lowest BCUT2D eigenvalue weighted by atomic mass is 10.0. The van der Waals surface area contributed by atoms with Crippen LogP contribution >= 0.6 is 0 Å². The average molecular weight is 406 g/mol. The summed E-state index contributed by atoms with van der Waals surface area (Å²) in [6, 6.07) is 11.4. The van der Waals surface area contributed by atoms with Crippen LogP contribution in [-0.2, 0) is 14.4 Å². The van der Waals surface area contributed by atoms with Crippen molar-refractivity contribution in [1.29, 1.82) is 0 Å². The molecule has 2 rings (SSSR count). The molecule has 0 aliphatic heterocycles. The Balaban J connectivity index is 2.55. The van der Waals surface area contributed by atoms with E-state index in [1.165, 1.54) is 19.9 Å². The molecule has 0 bridgehead atoms. The minimum atomic E-state index is -0.681. The second kappa shape index (κ2) is 9.52. The van der Waals surface area contributed by atoms with E-state index in [1.54, 1.807) is 43.3 Å². The highest BCUT2D eigenvalue weighted by Crippen LogP contribution is 2.40. The molecule has 0 aliphatic rings. The van der Waals surface area contributed by atoms with E-state index in [0.29, 0.717) is 11.1 Å². The van der Waals surface area contributed by atoms with Crippen molar-refractivity contribution in [2.75, 3.05) is 0 Å². The molecule has 2 aromatic rings. The number of hydrogen-bond acceptors (Lipinski definition) is 6. The van der Waals surface area contributed by atoms with Gasteiger partial charge in [0.25, 0.3) is 0 Å². The molecule has 0 saturated carbocycles. The van der Waals surface area contributed by atoms with Gasteiger partial charge in [-0.3, -0.25) is 0 Å². The number of hydrogen-bond donors (Lipinski definition) is 0. The third-order valence-corrected chi connectivity index (χ3v) is 3.78. The maximum Gasteiger partial charge on any atom is 0.338 e. The van der Waals surface area contributed by atoms with Gasteiger partial charge in [-0.05, 0) is 44.5 Å². The van der Waals surface area contributed by atoms with Gasteiger partial charge in [0.1, 0.15) is 5.75 Å². The highest BCUT2D eigenvalue weighted by molar-refractivity contribution is 5.93. The Morgan fingerprint density at radius 3 is 1.83 bits per heavy atom. The first-order valence-electron chi connectivity index (χ1n) is 8.96. The SMILES string of the molecule is C=C(C)C(=O)Oc1cccc(-c2cccc(OC(=O)C(=C)C)c2OC(=O)C(=C)C)c1. The zero-order valence-corrected chi connectivity index (χ0v) is 17.1. The lowest BCUT2D eigenvalue weighted by Gasteiger charge is -2.15. The molecule has 0 fully saturated rings. The van der Waals surface area contributed by atoms with E-state index >= 15 is 0 Å². The first-order chi connectivity index (χ1) is 14.1. The lowest BCUT2D eigenvalue weighted by Crippen LogP contribution is -2.13. The number of rotatable bonds is 7. The zero-order valence-electron chi connectivity index (χ0n) is 17.1. The van der Waals surface area contributed by atoms with E-state index in [2.05, 4.69) is 19.7 Å². The van der Waals surface area contributed by atoms with Crippen LogP contribution in [-0.4, -0.2) is 17.9 Å². The summed E-state index contributed by atoms with van der Waals surface area (Å²) in [5.74, 6) is -1.56. The van der Waals surface area contributed by atoms with E-state index < -0.39 is 17.9 Å². The third kappa shape index (κ3) is 5.54. The van der Waals surface area contributed by atoms with Gasteiger partial charge < -0.3 is 14.2 Å². The third-order valence-electron chi connectivity index (χ3n) is 3.78. The van der Waals surface area contributed by atoms with Gasteiger partial charge in [-0.1, -0.05) is 44.0 Å². The molecule has 0 aromatic heterocycles. The highest BCUT2D eigenvalue weighted by atomic mass is 16.6. The molecule has 0 amide bonds. The number of esters is 3. The van der Waals surface area contributed by atoms with Gasteiger partial charge in [-0.2, -0.15) is 0 Å². The monoisotopic (exact) mass is 406 g/mol. The van der Waals surface area contributed by atoms with Crippen molar-refractivity contribution < 1.29 is 28.6 Å². The zero-order chi connectivity index (χ0) is 22.4. The molecule has 6 heteroatoms. The number of ether oxygens (including phenoxy) is 3. The maximum atomic E-state index is 12.2. The van der Waals surface area contributed by atoms with Crippen LogP contribution in [0.5, 0.6) is 17.2 Å². The molecule has 0 atom stereocenters. The van der Waals surface area contributed by atoms with E-state index in [-0.39, 0.29) is 34.0 Å². The predicted octanol–water partition coefficient (Wildman–Crippen LogP) is 4.80. The van der Waals surface area contributed by atoms with Crippen molar-refractivity contribution in [3.05, 3.63) is 78.9 Å². The van der Waals surface area contributed by atoms with Gasteiger partial charge in [-0.25, -0.2) is 14.4 Å².